The molecule has 2 N–H and O–H groups in total. The smallest absolute Gasteiger partial charge is 0.150 e. The molecular formula is C27H29N3O. The molecule has 31 heavy (non-hydrogen) atoms. The van der Waals surface area contributed by atoms with Crippen molar-refractivity contribution in [2.75, 3.05) is 12.8 Å². The van der Waals surface area contributed by atoms with Gasteiger partial charge in [0.2, 0.25) is 0 Å². The number of aryl methyl sites for hydroxylation is 4. The van der Waals surface area contributed by atoms with Crippen LogP contribution in [0.4, 0.5) is 5.82 Å². The minimum Gasteiger partial charge on any atom is -0.497 e. The average Bonchev–Trinajstić information content (AvgIpc) is 3.61. The van der Waals surface area contributed by atoms with Crippen LogP contribution in [-0.4, -0.2) is 17.1 Å². The van der Waals surface area contributed by atoms with Crippen LogP contribution >= 0.6 is 0 Å². The lowest BCUT2D eigenvalue weighted by atomic mass is 9.99. The van der Waals surface area contributed by atoms with Crippen LogP contribution < -0.4 is 10.5 Å². The van der Waals surface area contributed by atoms with Gasteiger partial charge in [0.25, 0.3) is 0 Å². The van der Waals surface area contributed by atoms with Crippen LogP contribution in [0.15, 0.2) is 48.7 Å². The number of aromatic nitrogens is 2. The van der Waals surface area contributed by atoms with E-state index in [4.69, 9.17) is 10.5 Å². The van der Waals surface area contributed by atoms with Crippen LogP contribution in [0.25, 0.3) is 21.8 Å². The number of nitrogens with two attached hydrogens (primary N) is 1. The molecule has 2 aromatic heterocycles. The number of methoxy groups -OCH3 is 1. The zero-order valence-corrected chi connectivity index (χ0v) is 18.3. The predicted molar refractivity (Wildman–Crippen MR) is 128 cm³/mol. The Morgan fingerprint density at radius 2 is 1.84 bits per heavy atom. The van der Waals surface area contributed by atoms with Gasteiger partial charge in [-0.2, -0.15) is 0 Å². The van der Waals surface area contributed by atoms with E-state index >= 15 is 0 Å². The van der Waals surface area contributed by atoms with E-state index in [1.807, 2.05) is 12.3 Å². The molecule has 158 valence electrons. The van der Waals surface area contributed by atoms with Gasteiger partial charge in [-0.1, -0.05) is 31.0 Å². The van der Waals surface area contributed by atoms with Crippen molar-refractivity contribution in [3.05, 3.63) is 70.9 Å². The minimum atomic E-state index is 0.513. The monoisotopic (exact) mass is 411 g/mol. The number of nitrogens with zero attached hydrogens (tertiary/aromatic N) is 2. The first kappa shape index (κ1) is 19.8. The summed E-state index contributed by atoms with van der Waals surface area (Å²) < 4.78 is 5.32. The first-order chi connectivity index (χ1) is 15.1. The van der Waals surface area contributed by atoms with E-state index < -0.39 is 0 Å². The van der Waals surface area contributed by atoms with Crippen molar-refractivity contribution in [2.24, 2.45) is 5.92 Å². The maximum Gasteiger partial charge on any atom is 0.150 e. The second kappa shape index (κ2) is 8.18. The van der Waals surface area contributed by atoms with Gasteiger partial charge in [0.15, 0.2) is 5.82 Å². The van der Waals surface area contributed by atoms with Gasteiger partial charge in [0.05, 0.1) is 12.6 Å². The molecule has 0 amide bonds. The summed E-state index contributed by atoms with van der Waals surface area (Å²) in [5, 5.41) is 2.23. The third kappa shape index (κ3) is 4.20. The summed E-state index contributed by atoms with van der Waals surface area (Å²) in [4.78, 5) is 9.34. The highest BCUT2D eigenvalue weighted by Crippen LogP contribution is 2.34. The van der Waals surface area contributed by atoms with E-state index in [1.54, 1.807) is 7.11 Å². The highest BCUT2D eigenvalue weighted by Gasteiger charge is 2.20. The molecule has 0 bridgehead atoms. The Morgan fingerprint density at radius 3 is 2.61 bits per heavy atom. The molecule has 0 atom stereocenters. The molecule has 4 nitrogen and oxygen atoms in total. The van der Waals surface area contributed by atoms with Crippen LogP contribution in [0.1, 0.15) is 41.5 Å². The van der Waals surface area contributed by atoms with Crippen molar-refractivity contribution in [1.29, 1.82) is 0 Å². The van der Waals surface area contributed by atoms with Crippen LogP contribution in [-0.2, 0) is 19.3 Å². The summed E-state index contributed by atoms with van der Waals surface area (Å²) in [5.41, 5.74) is 13.2. The first-order valence-electron chi connectivity index (χ1n) is 11.2. The lowest BCUT2D eigenvalue weighted by Gasteiger charge is -2.11. The minimum absolute atomic E-state index is 0.513. The second-order valence-electron chi connectivity index (χ2n) is 8.86. The Kier molecular flexibility index (Phi) is 5.23. The van der Waals surface area contributed by atoms with Crippen LogP contribution in [0.2, 0.25) is 0 Å². The lowest BCUT2D eigenvalue weighted by Crippen LogP contribution is -1.99. The highest BCUT2D eigenvalue weighted by molar-refractivity contribution is 6.08. The highest BCUT2D eigenvalue weighted by atomic mass is 16.5. The topological polar surface area (TPSA) is 61.0 Å². The van der Waals surface area contributed by atoms with Gasteiger partial charge in [0.1, 0.15) is 11.3 Å². The Morgan fingerprint density at radius 1 is 0.968 bits per heavy atom. The summed E-state index contributed by atoms with van der Waals surface area (Å²) in [6.45, 7) is 2.14. The summed E-state index contributed by atoms with van der Waals surface area (Å²) >= 11 is 0. The predicted octanol–water partition coefficient (Wildman–Crippen LogP) is 5.81. The molecule has 0 spiro atoms. The van der Waals surface area contributed by atoms with Crippen LogP contribution in [0.3, 0.4) is 0 Å². The molecule has 2 heterocycles. The van der Waals surface area contributed by atoms with Crippen LogP contribution in [0.5, 0.6) is 5.75 Å². The fraction of sp³-hybridized carbons (Fsp3) is 0.333. The zero-order valence-electron chi connectivity index (χ0n) is 18.3. The second-order valence-corrected chi connectivity index (χ2v) is 8.86. The molecule has 5 rings (SSSR count). The van der Waals surface area contributed by atoms with Crippen LogP contribution in [0, 0.1) is 12.8 Å². The first-order valence-corrected chi connectivity index (χ1v) is 11.2. The molecule has 0 unspecified atom stereocenters. The van der Waals surface area contributed by atoms with Crippen molar-refractivity contribution in [1.82, 2.24) is 9.97 Å². The Bertz CT molecular complexity index is 1260. The maximum atomic E-state index is 6.28. The van der Waals surface area contributed by atoms with Crippen molar-refractivity contribution in [3.8, 4) is 5.75 Å². The summed E-state index contributed by atoms with van der Waals surface area (Å²) in [7, 11) is 1.70. The summed E-state index contributed by atoms with van der Waals surface area (Å²) in [6.07, 6.45) is 9.04. The van der Waals surface area contributed by atoms with Crippen molar-refractivity contribution >= 4 is 27.6 Å². The molecule has 2 aromatic carbocycles. The number of anilines is 1. The third-order valence-corrected chi connectivity index (χ3v) is 6.55. The van der Waals surface area contributed by atoms with Gasteiger partial charge in [-0.3, -0.25) is 4.98 Å². The number of rotatable bonds is 7. The van der Waals surface area contributed by atoms with E-state index in [2.05, 4.69) is 53.3 Å². The zero-order chi connectivity index (χ0) is 21.4. The van der Waals surface area contributed by atoms with E-state index in [9.17, 15) is 0 Å². The van der Waals surface area contributed by atoms with E-state index in [1.165, 1.54) is 41.5 Å². The van der Waals surface area contributed by atoms with Crippen molar-refractivity contribution < 1.29 is 4.74 Å². The molecule has 1 aliphatic rings. The molecule has 0 aliphatic heterocycles. The number of hydrogen-bond donors (Lipinski definition) is 1. The summed E-state index contributed by atoms with van der Waals surface area (Å²) in [5.74, 6) is 2.35. The summed E-state index contributed by atoms with van der Waals surface area (Å²) in [6, 6.07) is 15.2. The number of pyridine rings is 2. The van der Waals surface area contributed by atoms with E-state index in [0.29, 0.717) is 5.82 Å². The fourth-order valence-electron chi connectivity index (χ4n) is 4.42. The van der Waals surface area contributed by atoms with Gasteiger partial charge in [-0.05, 0) is 85.0 Å². The fourth-order valence-corrected chi connectivity index (χ4v) is 4.42. The normalized spacial score (nSPS) is 13.7. The van der Waals surface area contributed by atoms with Crippen molar-refractivity contribution in [3.63, 3.8) is 0 Å². The molecule has 4 heteroatoms. The molecule has 1 fully saturated rings. The standard InChI is InChI=1S/C27H29N3O/c1-17-13-22(31-2)11-10-21(17)9-7-20-14-24-23-12-8-19(6-5-18-3-4-18)15-25(23)30-27(28)26(24)29-16-20/h8,10-16,18H,3-7,9H2,1-2H3,(H2,28,30). The van der Waals surface area contributed by atoms with Gasteiger partial charge >= 0.3 is 0 Å². The lowest BCUT2D eigenvalue weighted by molar-refractivity contribution is 0.414. The van der Waals surface area contributed by atoms with Crippen molar-refractivity contribution in [2.45, 2.75) is 45.4 Å². The van der Waals surface area contributed by atoms with Gasteiger partial charge in [-0.15, -0.1) is 0 Å². The third-order valence-electron chi connectivity index (χ3n) is 6.55. The van der Waals surface area contributed by atoms with Gasteiger partial charge < -0.3 is 10.5 Å². The Hall–Kier alpha value is -3.14. The largest absolute Gasteiger partial charge is 0.497 e. The van der Waals surface area contributed by atoms with Gasteiger partial charge in [-0.25, -0.2) is 4.98 Å². The van der Waals surface area contributed by atoms with Gasteiger partial charge in [0, 0.05) is 17.0 Å². The molecule has 4 aromatic rings. The van der Waals surface area contributed by atoms with E-state index in [-0.39, 0.29) is 0 Å². The molecular weight excluding hydrogens is 382 g/mol. The van der Waals surface area contributed by atoms with E-state index in [0.717, 1.165) is 52.7 Å². The molecule has 1 aliphatic carbocycles. The molecule has 0 saturated heterocycles. The number of ether oxygens (including phenoxy) is 1. The maximum absolute atomic E-state index is 6.28. The quantitative estimate of drug-likeness (QED) is 0.390. The molecule has 0 radical (unpaired) electrons. The Balaban J connectivity index is 1.43. The molecule has 1 saturated carbocycles. The number of fused-ring (bicyclic) bond motifs is 3. The number of hydrogen-bond acceptors (Lipinski definition) is 4. The number of benzene rings is 2. The average molecular weight is 412 g/mol. The number of nitrogen functional groups attached to an aromatic ring is 1. The SMILES string of the molecule is COc1ccc(CCc2cnc3c(N)nc4cc(CCC5CC5)ccc4c3c2)c(C)c1. The Labute approximate surface area is 183 Å².